The van der Waals surface area contributed by atoms with Crippen LogP contribution in [-0.4, -0.2) is 62.3 Å². The number of thiophene rings is 1. The van der Waals surface area contributed by atoms with Gasteiger partial charge in [-0.3, -0.25) is 4.79 Å². The van der Waals surface area contributed by atoms with Gasteiger partial charge in [0.2, 0.25) is 5.88 Å². The maximum absolute atomic E-state index is 12.7. The van der Waals surface area contributed by atoms with E-state index >= 15 is 0 Å². The van der Waals surface area contributed by atoms with Crippen molar-refractivity contribution in [3.63, 3.8) is 0 Å². The van der Waals surface area contributed by atoms with Gasteiger partial charge in [0.25, 0.3) is 5.91 Å². The van der Waals surface area contributed by atoms with Crippen LogP contribution in [-0.2, 0) is 16.1 Å². The summed E-state index contributed by atoms with van der Waals surface area (Å²) >= 11 is 1.36. The summed E-state index contributed by atoms with van der Waals surface area (Å²) in [4.78, 5) is 24.7. The van der Waals surface area contributed by atoms with E-state index in [2.05, 4.69) is 9.97 Å². The number of fused-ring (bicyclic) bond motifs is 1. The molecule has 2 rings (SSSR count). The van der Waals surface area contributed by atoms with Crippen LogP contribution in [0.4, 0.5) is 0 Å². The molecule has 0 N–H and O–H groups in total. The van der Waals surface area contributed by atoms with Gasteiger partial charge in [-0.1, -0.05) is 0 Å². The Labute approximate surface area is 145 Å². The fourth-order valence-electron chi connectivity index (χ4n) is 2.41. The normalized spacial score (nSPS) is 11.0. The molecule has 0 bridgehead atoms. The molecule has 2 aromatic heterocycles. The van der Waals surface area contributed by atoms with Crippen LogP contribution in [0.5, 0.6) is 5.88 Å². The van der Waals surface area contributed by atoms with Gasteiger partial charge in [0.15, 0.2) is 5.82 Å². The van der Waals surface area contributed by atoms with Crippen LogP contribution in [0.2, 0.25) is 0 Å². The van der Waals surface area contributed by atoms with Crippen molar-refractivity contribution in [2.45, 2.75) is 20.0 Å². The third-order valence-corrected chi connectivity index (χ3v) is 4.83. The van der Waals surface area contributed by atoms with Crippen molar-refractivity contribution >= 4 is 27.5 Å². The zero-order valence-electron chi connectivity index (χ0n) is 14.7. The first-order valence-corrected chi connectivity index (χ1v) is 8.42. The van der Waals surface area contributed by atoms with Crippen LogP contribution < -0.4 is 4.74 Å². The van der Waals surface area contributed by atoms with Gasteiger partial charge < -0.3 is 19.1 Å². The lowest BCUT2D eigenvalue weighted by Crippen LogP contribution is -2.28. The Balaban J connectivity index is 2.37. The Bertz CT molecular complexity index is 717. The van der Waals surface area contributed by atoms with Crippen LogP contribution >= 0.6 is 11.3 Å². The van der Waals surface area contributed by atoms with Crippen molar-refractivity contribution in [2.24, 2.45) is 0 Å². The minimum absolute atomic E-state index is 0.0260. The lowest BCUT2D eigenvalue weighted by molar-refractivity contribution is 0.0783. The van der Waals surface area contributed by atoms with E-state index in [0.717, 1.165) is 22.2 Å². The summed E-state index contributed by atoms with van der Waals surface area (Å²) in [6.45, 7) is 3.46. The van der Waals surface area contributed by atoms with Gasteiger partial charge in [-0.2, -0.15) is 4.98 Å². The summed E-state index contributed by atoms with van der Waals surface area (Å²) in [6, 6.07) is 0. The van der Waals surface area contributed by atoms with Crippen molar-refractivity contribution in [3.8, 4) is 5.88 Å². The number of carbonyl (C=O) groups is 1. The second-order valence-corrected chi connectivity index (χ2v) is 6.39. The molecule has 1 amide bonds. The molecule has 0 aliphatic heterocycles. The number of carbonyl (C=O) groups excluding carboxylic acids is 1. The summed E-state index contributed by atoms with van der Waals surface area (Å²) in [7, 11) is 6.60. The molecule has 0 atom stereocenters. The average molecular weight is 353 g/mol. The van der Waals surface area contributed by atoms with Crippen LogP contribution in [0.15, 0.2) is 0 Å². The highest BCUT2D eigenvalue weighted by atomic mass is 32.1. The monoisotopic (exact) mass is 353 g/mol. The summed E-state index contributed by atoms with van der Waals surface area (Å²) in [5.41, 5.74) is 0.847. The fourth-order valence-corrected chi connectivity index (χ4v) is 3.60. The molecule has 2 aromatic rings. The first-order chi connectivity index (χ1) is 11.5. The molecule has 0 unspecified atom stereocenters. The standard InChI is InChI=1S/C16H23N3O4S/c1-10-12-14(23-5)17-11(9-22-4)18-15(12)24-13(10)16(20)19(2)7-6-8-21-3/h6-9H2,1-5H3. The quantitative estimate of drug-likeness (QED) is 0.678. The molecule has 0 aliphatic carbocycles. The van der Waals surface area contributed by atoms with Gasteiger partial charge in [0.05, 0.1) is 17.4 Å². The van der Waals surface area contributed by atoms with E-state index in [4.69, 9.17) is 14.2 Å². The lowest BCUT2D eigenvalue weighted by Gasteiger charge is -2.16. The van der Waals surface area contributed by atoms with E-state index in [1.807, 2.05) is 6.92 Å². The molecule has 7 nitrogen and oxygen atoms in total. The van der Waals surface area contributed by atoms with Gasteiger partial charge in [-0.05, 0) is 18.9 Å². The Hall–Kier alpha value is -1.77. The fraction of sp³-hybridized carbons (Fsp3) is 0.562. The van der Waals surface area contributed by atoms with E-state index in [0.29, 0.717) is 36.3 Å². The molecule has 0 saturated carbocycles. The molecule has 132 valence electrons. The van der Waals surface area contributed by atoms with Crippen LogP contribution in [0.3, 0.4) is 0 Å². The van der Waals surface area contributed by atoms with Gasteiger partial charge >= 0.3 is 0 Å². The third kappa shape index (κ3) is 3.82. The smallest absolute Gasteiger partial charge is 0.264 e. The molecule has 0 fully saturated rings. The highest BCUT2D eigenvalue weighted by Gasteiger charge is 2.23. The maximum atomic E-state index is 12.7. The zero-order chi connectivity index (χ0) is 17.7. The van der Waals surface area contributed by atoms with Crippen LogP contribution in [0.1, 0.15) is 27.5 Å². The first-order valence-electron chi connectivity index (χ1n) is 7.60. The molecule has 8 heteroatoms. The molecule has 0 spiro atoms. The van der Waals surface area contributed by atoms with E-state index in [-0.39, 0.29) is 5.91 Å². The van der Waals surface area contributed by atoms with E-state index in [1.165, 1.54) is 11.3 Å². The largest absolute Gasteiger partial charge is 0.480 e. The molecular formula is C16H23N3O4S. The third-order valence-electron chi connectivity index (χ3n) is 3.65. The number of aromatic nitrogens is 2. The van der Waals surface area contributed by atoms with Gasteiger partial charge in [-0.25, -0.2) is 4.98 Å². The van der Waals surface area contributed by atoms with E-state index < -0.39 is 0 Å². The molecule has 2 heterocycles. The van der Waals surface area contributed by atoms with E-state index in [9.17, 15) is 4.79 Å². The van der Waals surface area contributed by atoms with Gasteiger partial charge in [0, 0.05) is 34.4 Å². The lowest BCUT2D eigenvalue weighted by atomic mass is 10.2. The van der Waals surface area contributed by atoms with Crippen LogP contribution in [0, 0.1) is 6.92 Å². The number of hydrogen-bond acceptors (Lipinski definition) is 7. The minimum atomic E-state index is -0.0260. The predicted molar refractivity (Wildman–Crippen MR) is 92.9 cm³/mol. The molecule has 0 aliphatic rings. The highest BCUT2D eigenvalue weighted by Crippen LogP contribution is 2.35. The van der Waals surface area contributed by atoms with Crippen molar-refractivity contribution in [1.29, 1.82) is 0 Å². The number of rotatable bonds is 8. The second kappa shape index (κ2) is 8.36. The zero-order valence-corrected chi connectivity index (χ0v) is 15.5. The number of nitrogens with zero attached hydrogens (tertiary/aromatic N) is 3. The van der Waals surface area contributed by atoms with Crippen molar-refractivity contribution in [3.05, 3.63) is 16.3 Å². The van der Waals surface area contributed by atoms with E-state index in [1.54, 1.807) is 33.3 Å². The Kier molecular flexibility index (Phi) is 6.47. The Morgan fingerprint density at radius 2 is 1.96 bits per heavy atom. The van der Waals surface area contributed by atoms with Crippen molar-refractivity contribution in [1.82, 2.24) is 14.9 Å². The minimum Gasteiger partial charge on any atom is -0.480 e. The summed E-state index contributed by atoms with van der Waals surface area (Å²) < 4.78 is 15.5. The summed E-state index contributed by atoms with van der Waals surface area (Å²) in [6.07, 6.45) is 0.795. The van der Waals surface area contributed by atoms with Crippen LogP contribution in [0.25, 0.3) is 10.2 Å². The molecule has 24 heavy (non-hydrogen) atoms. The van der Waals surface area contributed by atoms with Crippen molar-refractivity contribution < 1.29 is 19.0 Å². The average Bonchev–Trinajstić information content (AvgIpc) is 2.90. The predicted octanol–water partition coefficient (Wildman–Crippen LogP) is 2.26. The van der Waals surface area contributed by atoms with Crippen molar-refractivity contribution in [2.75, 3.05) is 41.5 Å². The second-order valence-electron chi connectivity index (χ2n) is 5.39. The number of hydrogen-bond donors (Lipinski definition) is 0. The highest BCUT2D eigenvalue weighted by molar-refractivity contribution is 7.20. The molecule has 0 radical (unpaired) electrons. The summed E-state index contributed by atoms with van der Waals surface area (Å²) in [5, 5.41) is 0.788. The number of aryl methyl sites for hydroxylation is 1. The number of ether oxygens (including phenoxy) is 3. The van der Waals surface area contributed by atoms with Gasteiger partial charge in [0.1, 0.15) is 11.4 Å². The Morgan fingerprint density at radius 3 is 2.58 bits per heavy atom. The number of amides is 1. The summed E-state index contributed by atoms with van der Waals surface area (Å²) in [5.74, 6) is 0.986. The molecular weight excluding hydrogens is 330 g/mol. The number of methoxy groups -OCH3 is 3. The SMILES string of the molecule is COCCCN(C)C(=O)c1sc2nc(COC)nc(OC)c2c1C. The first kappa shape index (κ1) is 18.6. The maximum Gasteiger partial charge on any atom is 0.264 e. The van der Waals surface area contributed by atoms with Gasteiger partial charge in [-0.15, -0.1) is 11.3 Å². The Morgan fingerprint density at radius 1 is 1.21 bits per heavy atom. The molecule has 0 saturated heterocycles. The topological polar surface area (TPSA) is 73.8 Å². The molecule has 0 aromatic carbocycles.